The Labute approximate surface area is 136 Å². The molecule has 0 heterocycles. The zero-order chi connectivity index (χ0) is 16.3. The molecule has 2 fully saturated rings. The number of aliphatic hydroxyl groups is 1. The van der Waals surface area contributed by atoms with Crippen molar-refractivity contribution in [2.45, 2.75) is 50.2 Å². The summed E-state index contributed by atoms with van der Waals surface area (Å²) in [6.07, 6.45) is 4.66. The molecular weight excluding hydrogens is 294 g/mol. The summed E-state index contributed by atoms with van der Waals surface area (Å²) < 4.78 is 5.03. The zero-order valence-electron chi connectivity index (χ0n) is 13.2. The van der Waals surface area contributed by atoms with Gasteiger partial charge in [0, 0.05) is 0 Å². The molecule has 0 aliphatic heterocycles. The quantitative estimate of drug-likeness (QED) is 0.788. The van der Waals surface area contributed by atoms with Gasteiger partial charge < -0.3 is 15.2 Å². The second-order valence-electron chi connectivity index (χ2n) is 6.61. The lowest BCUT2D eigenvalue weighted by atomic mass is 10.0. The van der Waals surface area contributed by atoms with E-state index in [0.29, 0.717) is 18.8 Å². The van der Waals surface area contributed by atoms with E-state index in [1.165, 1.54) is 0 Å². The summed E-state index contributed by atoms with van der Waals surface area (Å²) in [6.45, 7) is -0.336. The van der Waals surface area contributed by atoms with Crippen molar-refractivity contribution in [3.63, 3.8) is 0 Å². The van der Waals surface area contributed by atoms with Crippen LogP contribution in [-0.4, -0.2) is 29.2 Å². The Kier molecular flexibility index (Phi) is 4.66. The monoisotopic (exact) mass is 317 g/mol. The van der Waals surface area contributed by atoms with Gasteiger partial charge in [-0.05, 0) is 50.0 Å². The Hall–Kier alpha value is -1.88. The first kappa shape index (κ1) is 16.0. The molecule has 0 spiro atoms. The molecule has 2 N–H and O–H groups in total. The maximum absolute atomic E-state index is 12.1. The average Bonchev–Trinajstić information content (AvgIpc) is 3.31. The summed E-state index contributed by atoms with van der Waals surface area (Å²) in [7, 11) is 0. The predicted molar refractivity (Wildman–Crippen MR) is 84.4 cm³/mol. The minimum atomic E-state index is -1.39. The lowest BCUT2D eigenvalue weighted by Crippen LogP contribution is -2.40. The minimum absolute atomic E-state index is 0.0306. The fourth-order valence-corrected chi connectivity index (χ4v) is 3.21. The van der Waals surface area contributed by atoms with Crippen molar-refractivity contribution in [1.29, 1.82) is 0 Å². The first-order valence-electron chi connectivity index (χ1n) is 8.32. The van der Waals surface area contributed by atoms with Crippen LogP contribution in [0, 0.1) is 5.92 Å². The van der Waals surface area contributed by atoms with Crippen LogP contribution >= 0.6 is 0 Å². The molecule has 0 saturated heterocycles. The number of amides is 1. The molecule has 2 aliphatic rings. The lowest BCUT2D eigenvalue weighted by molar-refractivity contribution is -0.167. The van der Waals surface area contributed by atoms with Crippen LogP contribution in [0.25, 0.3) is 0 Å². The van der Waals surface area contributed by atoms with E-state index in [2.05, 4.69) is 5.32 Å². The molecule has 1 atom stereocenters. The highest BCUT2D eigenvalue weighted by molar-refractivity contribution is 5.84. The van der Waals surface area contributed by atoms with Crippen LogP contribution in [0.2, 0.25) is 0 Å². The van der Waals surface area contributed by atoms with Gasteiger partial charge in [-0.1, -0.05) is 30.3 Å². The number of carbonyl (C=O) groups excluding carboxylic acids is 2. The number of nitrogens with one attached hydrogen (secondary N) is 1. The molecule has 0 radical (unpaired) electrons. The summed E-state index contributed by atoms with van der Waals surface area (Å²) in [6, 6.07) is 9.81. The van der Waals surface area contributed by atoms with Crippen LogP contribution in [0.1, 0.15) is 50.1 Å². The van der Waals surface area contributed by atoms with Gasteiger partial charge in [0.1, 0.15) is 0 Å². The SMILES string of the molecule is O=C(COC(=O)C1(O)CCCC1)NC(c1ccccc1)C1CC1. The molecule has 1 aromatic carbocycles. The normalized spacial score (nSPS) is 20.7. The fourth-order valence-electron chi connectivity index (χ4n) is 3.21. The summed E-state index contributed by atoms with van der Waals surface area (Å²) in [5, 5.41) is 13.1. The van der Waals surface area contributed by atoms with Crippen LogP contribution in [0.3, 0.4) is 0 Å². The van der Waals surface area contributed by atoms with E-state index < -0.39 is 11.6 Å². The third kappa shape index (κ3) is 3.91. The van der Waals surface area contributed by atoms with Crippen LogP contribution in [-0.2, 0) is 14.3 Å². The number of rotatable bonds is 6. The van der Waals surface area contributed by atoms with Crippen molar-refractivity contribution in [2.75, 3.05) is 6.61 Å². The van der Waals surface area contributed by atoms with E-state index in [1.807, 2.05) is 30.3 Å². The first-order chi connectivity index (χ1) is 11.1. The molecule has 5 nitrogen and oxygen atoms in total. The smallest absolute Gasteiger partial charge is 0.338 e. The van der Waals surface area contributed by atoms with Crippen molar-refractivity contribution in [1.82, 2.24) is 5.32 Å². The van der Waals surface area contributed by atoms with Crippen LogP contribution in [0.4, 0.5) is 0 Å². The highest BCUT2D eigenvalue weighted by Gasteiger charge is 2.41. The number of hydrogen-bond donors (Lipinski definition) is 2. The summed E-state index contributed by atoms with van der Waals surface area (Å²) in [4.78, 5) is 24.0. The molecule has 23 heavy (non-hydrogen) atoms. The highest BCUT2D eigenvalue weighted by atomic mass is 16.6. The average molecular weight is 317 g/mol. The Balaban J connectivity index is 1.53. The van der Waals surface area contributed by atoms with Gasteiger partial charge in [0.25, 0.3) is 5.91 Å². The third-order valence-electron chi connectivity index (χ3n) is 4.71. The topological polar surface area (TPSA) is 75.6 Å². The largest absolute Gasteiger partial charge is 0.453 e. The standard InChI is InChI=1S/C18H23NO4/c20-15(12-23-17(21)18(22)10-4-5-11-18)19-16(14-8-9-14)13-6-2-1-3-7-13/h1-3,6-7,14,16,22H,4-5,8-12H2,(H,19,20). The highest BCUT2D eigenvalue weighted by Crippen LogP contribution is 2.40. The van der Waals surface area contributed by atoms with Crippen molar-refractivity contribution >= 4 is 11.9 Å². The molecule has 3 rings (SSSR count). The lowest BCUT2D eigenvalue weighted by Gasteiger charge is -2.21. The van der Waals surface area contributed by atoms with E-state index >= 15 is 0 Å². The van der Waals surface area contributed by atoms with Crippen LogP contribution in [0.5, 0.6) is 0 Å². The van der Waals surface area contributed by atoms with Gasteiger partial charge in [0.2, 0.25) is 0 Å². The van der Waals surface area contributed by atoms with E-state index in [4.69, 9.17) is 4.74 Å². The van der Waals surface area contributed by atoms with Gasteiger partial charge in [-0.15, -0.1) is 0 Å². The molecule has 1 amide bonds. The van der Waals surface area contributed by atoms with Gasteiger partial charge in [-0.3, -0.25) is 4.79 Å². The zero-order valence-corrected chi connectivity index (χ0v) is 13.2. The van der Waals surface area contributed by atoms with E-state index in [0.717, 1.165) is 31.2 Å². The number of ether oxygens (including phenoxy) is 1. The summed E-state index contributed by atoms with van der Waals surface area (Å²) in [5.41, 5.74) is -0.320. The van der Waals surface area contributed by atoms with Gasteiger partial charge in [0.05, 0.1) is 6.04 Å². The van der Waals surface area contributed by atoms with Crippen molar-refractivity contribution in [3.8, 4) is 0 Å². The van der Waals surface area contributed by atoms with E-state index in [9.17, 15) is 14.7 Å². The van der Waals surface area contributed by atoms with Crippen molar-refractivity contribution in [2.24, 2.45) is 5.92 Å². The molecule has 0 bridgehead atoms. The second-order valence-corrected chi connectivity index (χ2v) is 6.61. The number of benzene rings is 1. The predicted octanol–water partition coefficient (Wildman–Crippen LogP) is 2.10. The fraction of sp³-hybridized carbons (Fsp3) is 0.556. The van der Waals surface area contributed by atoms with Crippen molar-refractivity contribution in [3.05, 3.63) is 35.9 Å². The Morgan fingerprint density at radius 2 is 1.87 bits per heavy atom. The minimum Gasteiger partial charge on any atom is -0.453 e. The van der Waals surface area contributed by atoms with E-state index in [1.54, 1.807) is 0 Å². The molecule has 1 aromatic rings. The third-order valence-corrected chi connectivity index (χ3v) is 4.71. The molecular formula is C18H23NO4. The summed E-state index contributed by atoms with van der Waals surface area (Å²) >= 11 is 0. The van der Waals surface area contributed by atoms with Gasteiger partial charge >= 0.3 is 5.97 Å². The molecule has 124 valence electrons. The van der Waals surface area contributed by atoms with Crippen LogP contribution in [0.15, 0.2) is 30.3 Å². The maximum atomic E-state index is 12.1. The Morgan fingerprint density at radius 3 is 2.48 bits per heavy atom. The summed E-state index contributed by atoms with van der Waals surface area (Å²) in [5.74, 6) is -0.537. The second kappa shape index (κ2) is 6.71. The number of carbonyl (C=O) groups is 2. The van der Waals surface area contributed by atoms with Crippen molar-refractivity contribution < 1.29 is 19.4 Å². The number of esters is 1. The Morgan fingerprint density at radius 1 is 1.22 bits per heavy atom. The molecule has 2 aliphatic carbocycles. The first-order valence-corrected chi connectivity index (χ1v) is 8.32. The van der Waals surface area contributed by atoms with Gasteiger partial charge in [-0.2, -0.15) is 0 Å². The number of hydrogen-bond acceptors (Lipinski definition) is 4. The molecule has 5 heteroatoms. The Bertz CT molecular complexity index is 562. The van der Waals surface area contributed by atoms with Crippen LogP contribution < -0.4 is 5.32 Å². The molecule has 0 aromatic heterocycles. The van der Waals surface area contributed by atoms with E-state index in [-0.39, 0.29) is 18.6 Å². The molecule has 2 saturated carbocycles. The maximum Gasteiger partial charge on any atom is 0.338 e. The molecule has 1 unspecified atom stereocenters. The van der Waals surface area contributed by atoms with Gasteiger partial charge in [0.15, 0.2) is 12.2 Å². The van der Waals surface area contributed by atoms with Gasteiger partial charge in [-0.25, -0.2) is 4.79 Å².